The molecule has 19 heavy (non-hydrogen) atoms. The fourth-order valence-corrected chi connectivity index (χ4v) is 1.81. The van der Waals surface area contributed by atoms with Gasteiger partial charge >= 0.3 is 5.97 Å². The zero-order chi connectivity index (χ0) is 14.1. The number of methoxy groups -OCH3 is 1. The van der Waals surface area contributed by atoms with E-state index in [9.17, 15) is 9.90 Å². The van der Waals surface area contributed by atoms with Crippen LogP contribution in [0.2, 0.25) is 0 Å². The molecule has 1 aromatic rings. The quantitative estimate of drug-likeness (QED) is 0.475. The summed E-state index contributed by atoms with van der Waals surface area (Å²) in [7, 11) is 1.32. The van der Waals surface area contributed by atoms with Crippen LogP contribution >= 0.6 is 0 Å². The van der Waals surface area contributed by atoms with Crippen LogP contribution in [0.4, 0.5) is 0 Å². The van der Waals surface area contributed by atoms with E-state index in [0.29, 0.717) is 13.0 Å². The fourth-order valence-electron chi connectivity index (χ4n) is 1.81. The summed E-state index contributed by atoms with van der Waals surface area (Å²) in [4.78, 5) is 11.4. The number of rotatable bonds is 8. The van der Waals surface area contributed by atoms with Gasteiger partial charge in [0, 0.05) is 12.6 Å². The number of hydrogen-bond donors (Lipinski definition) is 3. The van der Waals surface area contributed by atoms with Crippen molar-refractivity contribution >= 4 is 5.97 Å². The van der Waals surface area contributed by atoms with E-state index in [2.05, 4.69) is 10.1 Å². The Bertz CT molecular complexity index is 369. The van der Waals surface area contributed by atoms with Crippen molar-refractivity contribution in [2.24, 2.45) is 0 Å². The summed E-state index contributed by atoms with van der Waals surface area (Å²) in [5.41, 5.74) is 0.743. The lowest BCUT2D eigenvalue weighted by atomic mass is 9.99. The average Bonchev–Trinajstić information content (AvgIpc) is 2.46. The molecular formula is C14H21NO4. The smallest absolute Gasteiger partial charge is 0.307 e. The van der Waals surface area contributed by atoms with Crippen LogP contribution in [0.25, 0.3) is 0 Å². The summed E-state index contributed by atoms with van der Waals surface area (Å²) < 4.78 is 4.63. The van der Waals surface area contributed by atoms with Gasteiger partial charge in [0.05, 0.1) is 19.6 Å². The number of esters is 1. The second-order valence-corrected chi connectivity index (χ2v) is 4.27. The van der Waals surface area contributed by atoms with Gasteiger partial charge in [-0.05, 0) is 18.5 Å². The molecule has 3 N–H and O–H groups in total. The Labute approximate surface area is 113 Å². The number of benzene rings is 1. The Balaban J connectivity index is 2.68. The van der Waals surface area contributed by atoms with Crippen molar-refractivity contribution in [1.82, 2.24) is 5.32 Å². The third-order valence-corrected chi connectivity index (χ3v) is 2.88. The number of carbonyl (C=O) groups excluding carboxylic acids is 1. The van der Waals surface area contributed by atoms with Crippen molar-refractivity contribution in [3.8, 4) is 0 Å². The number of aliphatic hydroxyl groups excluding tert-OH is 2. The molecule has 0 heterocycles. The van der Waals surface area contributed by atoms with E-state index in [0.717, 1.165) is 5.56 Å². The van der Waals surface area contributed by atoms with Crippen LogP contribution in [0.5, 0.6) is 0 Å². The Morgan fingerprint density at radius 3 is 2.63 bits per heavy atom. The van der Waals surface area contributed by atoms with E-state index < -0.39 is 12.1 Å². The number of nitrogens with one attached hydrogen (secondary N) is 1. The van der Waals surface area contributed by atoms with Crippen LogP contribution < -0.4 is 5.32 Å². The molecule has 0 aromatic heterocycles. The first-order chi connectivity index (χ1) is 9.19. The molecule has 0 amide bonds. The minimum Gasteiger partial charge on any atom is -0.469 e. The Morgan fingerprint density at radius 1 is 1.37 bits per heavy atom. The van der Waals surface area contributed by atoms with Crippen molar-refractivity contribution in [2.45, 2.75) is 25.0 Å². The van der Waals surface area contributed by atoms with Crippen molar-refractivity contribution < 1.29 is 19.7 Å². The van der Waals surface area contributed by atoms with Gasteiger partial charge in [0.1, 0.15) is 0 Å². The molecule has 0 saturated heterocycles. The highest BCUT2D eigenvalue weighted by atomic mass is 16.5. The minimum atomic E-state index is -0.793. The number of aliphatic hydroxyl groups is 2. The van der Waals surface area contributed by atoms with E-state index in [4.69, 9.17) is 5.11 Å². The standard InChI is InChI=1S/C14H21NO4/c1-19-13(17)10-12(15-8-5-9-16)14(18)11-6-3-2-4-7-11/h2-4,6-7,12,14-16,18H,5,8-10H2,1H3. The van der Waals surface area contributed by atoms with Crippen molar-refractivity contribution in [2.75, 3.05) is 20.3 Å². The van der Waals surface area contributed by atoms with Crippen LogP contribution in [0.3, 0.4) is 0 Å². The van der Waals surface area contributed by atoms with E-state index in [1.807, 2.05) is 30.3 Å². The summed E-state index contributed by atoms with van der Waals surface area (Å²) in [5, 5.41) is 22.1. The lowest BCUT2D eigenvalue weighted by molar-refractivity contribution is -0.142. The molecule has 5 nitrogen and oxygen atoms in total. The Kier molecular flexibility index (Phi) is 7.10. The van der Waals surface area contributed by atoms with Gasteiger partial charge in [-0.2, -0.15) is 0 Å². The van der Waals surface area contributed by atoms with Crippen LogP contribution in [-0.4, -0.2) is 42.5 Å². The van der Waals surface area contributed by atoms with Gasteiger partial charge in [-0.25, -0.2) is 0 Å². The highest BCUT2D eigenvalue weighted by molar-refractivity contribution is 5.70. The molecule has 2 atom stereocenters. The summed E-state index contributed by atoms with van der Waals surface area (Å²) in [6.07, 6.45) is -0.143. The second-order valence-electron chi connectivity index (χ2n) is 4.27. The predicted octanol–water partition coefficient (Wildman–Crippen LogP) is 0.624. The summed E-state index contributed by atoms with van der Waals surface area (Å²) in [6.45, 7) is 0.599. The molecule has 2 unspecified atom stereocenters. The fraction of sp³-hybridized carbons (Fsp3) is 0.500. The normalized spacial score (nSPS) is 13.8. The molecule has 5 heteroatoms. The molecule has 0 saturated carbocycles. The van der Waals surface area contributed by atoms with Gasteiger partial charge in [-0.15, -0.1) is 0 Å². The number of carbonyl (C=O) groups is 1. The molecule has 0 aliphatic heterocycles. The third kappa shape index (κ3) is 5.38. The van der Waals surface area contributed by atoms with E-state index in [1.165, 1.54) is 7.11 Å². The maximum Gasteiger partial charge on any atom is 0.307 e. The zero-order valence-electron chi connectivity index (χ0n) is 11.1. The third-order valence-electron chi connectivity index (χ3n) is 2.88. The molecule has 0 spiro atoms. The first kappa shape index (κ1) is 15.6. The Hall–Kier alpha value is -1.43. The molecule has 0 aliphatic rings. The first-order valence-corrected chi connectivity index (χ1v) is 6.33. The highest BCUT2D eigenvalue weighted by Crippen LogP contribution is 2.19. The van der Waals surface area contributed by atoms with E-state index >= 15 is 0 Å². The Morgan fingerprint density at radius 2 is 2.05 bits per heavy atom. The van der Waals surface area contributed by atoms with Gasteiger partial charge in [-0.3, -0.25) is 4.79 Å². The highest BCUT2D eigenvalue weighted by Gasteiger charge is 2.23. The van der Waals surface area contributed by atoms with Gasteiger partial charge in [0.15, 0.2) is 0 Å². The van der Waals surface area contributed by atoms with Gasteiger partial charge in [0.2, 0.25) is 0 Å². The molecule has 1 aromatic carbocycles. The number of hydrogen-bond acceptors (Lipinski definition) is 5. The lowest BCUT2D eigenvalue weighted by Crippen LogP contribution is -2.38. The maximum absolute atomic E-state index is 11.4. The predicted molar refractivity (Wildman–Crippen MR) is 71.5 cm³/mol. The van der Waals surface area contributed by atoms with Crippen molar-refractivity contribution in [1.29, 1.82) is 0 Å². The summed E-state index contributed by atoms with van der Waals surface area (Å²) in [6, 6.07) is 8.72. The molecule has 0 fully saturated rings. The van der Waals surface area contributed by atoms with Gasteiger partial charge < -0.3 is 20.3 Å². The largest absolute Gasteiger partial charge is 0.469 e. The molecular weight excluding hydrogens is 246 g/mol. The minimum absolute atomic E-state index is 0.0688. The number of ether oxygens (including phenoxy) is 1. The SMILES string of the molecule is COC(=O)CC(NCCCO)C(O)c1ccccc1. The lowest BCUT2D eigenvalue weighted by Gasteiger charge is -2.23. The zero-order valence-corrected chi connectivity index (χ0v) is 11.1. The van der Waals surface area contributed by atoms with E-state index in [-0.39, 0.29) is 19.0 Å². The first-order valence-electron chi connectivity index (χ1n) is 6.33. The molecule has 0 radical (unpaired) electrons. The maximum atomic E-state index is 11.4. The molecule has 106 valence electrons. The molecule has 0 aliphatic carbocycles. The van der Waals surface area contributed by atoms with Crippen LogP contribution in [-0.2, 0) is 9.53 Å². The monoisotopic (exact) mass is 267 g/mol. The van der Waals surface area contributed by atoms with Gasteiger partial charge in [0.25, 0.3) is 0 Å². The summed E-state index contributed by atoms with van der Waals surface area (Å²) in [5.74, 6) is -0.378. The van der Waals surface area contributed by atoms with Crippen LogP contribution in [0, 0.1) is 0 Å². The van der Waals surface area contributed by atoms with Crippen molar-refractivity contribution in [3.05, 3.63) is 35.9 Å². The second kappa shape index (κ2) is 8.63. The van der Waals surface area contributed by atoms with E-state index in [1.54, 1.807) is 0 Å². The summed E-state index contributed by atoms with van der Waals surface area (Å²) >= 11 is 0. The molecule has 1 rings (SSSR count). The molecule has 0 bridgehead atoms. The average molecular weight is 267 g/mol. The van der Waals surface area contributed by atoms with Crippen LogP contribution in [0.1, 0.15) is 24.5 Å². The van der Waals surface area contributed by atoms with Crippen LogP contribution in [0.15, 0.2) is 30.3 Å². The van der Waals surface area contributed by atoms with Gasteiger partial charge in [-0.1, -0.05) is 30.3 Å². The topological polar surface area (TPSA) is 78.8 Å². The van der Waals surface area contributed by atoms with Crippen molar-refractivity contribution in [3.63, 3.8) is 0 Å².